The number of amides is 2. The number of nitrogens with one attached hydrogen (secondary N) is 2. The van der Waals surface area contributed by atoms with Crippen molar-refractivity contribution in [1.29, 1.82) is 0 Å². The Hall–Kier alpha value is -5.64. The number of rotatable bonds is 11. The smallest absolute Gasteiger partial charge is 0.326 e. The number of aliphatic carboxylic acids is 2. The number of carbonyl (C=O) groups is 4. The van der Waals surface area contributed by atoms with Crippen molar-refractivity contribution in [2.45, 2.75) is 24.9 Å². The van der Waals surface area contributed by atoms with Gasteiger partial charge in [0.05, 0.1) is 0 Å². The molecule has 0 spiro atoms. The maximum Gasteiger partial charge on any atom is 0.326 e. The molecule has 2 amide bonds. The summed E-state index contributed by atoms with van der Waals surface area (Å²) in [7, 11) is 0. The maximum atomic E-state index is 13.4. The fraction of sp³-hybridized carbons (Fsp3) is 0.125. The summed E-state index contributed by atoms with van der Waals surface area (Å²) < 4.78 is 0. The van der Waals surface area contributed by atoms with Crippen LogP contribution in [0, 0.1) is 0 Å². The molecule has 0 aliphatic rings. The number of hydrogen-bond donors (Lipinski definition) is 6. The normalized spacial score (nSPS) is 12.1. The average molecular weight is 569 g/mol. The van der Waals surface area contributed by atoms with Crippen molar-refractivity contribution in [2.24, 2.45) is 0 Å². The topological polar surface area (TPSA) is 173 Å². The second-order valence-corrected chi connectivity index (χ2v) is 9.56. The van der Waals surface area contributed by atoms with Gasteiger partial charge in [-0.05, 0) is 58.7 Å². The zero-order valence-electron chi connectivity index (χ0n) is 22.2. The van der Waals surface area contributed by atoms with E-state index in [9.17, 15) is 39.6 Å². The fourth-order valence-corrected chi connectivity index (χ4v) is 4.44. The standard InChI is InChI=1S/C32H28N2O8/c35-21-13-9-19(10-14-21)17-27(31(39)40)33-29(37)25-7-3-1-5-23(25)24-6-2-4-8-26(24)30(38)34-28(32(41)42)18-20-11-15-22(36)16-12-20/h1-16,27-28,35-36H,17-18H2,(H,33,37)(H,34,38)(H,39,40)(H,41,42)/t27-,28-/m0/s1. The van der Waals surface area contributed by atoms with Crippen LogP contribution in [-0.4, -0.2) is 56.3 Å². The number of carboxylic acid groups (broad SMARTS) is 2. The fourth-order valence-electron chi connectivity index (χ4n) is 4.44. The van der Waals surface area contributed by atoms with Crippen LogP contribution in [0.5, 0.6) is 11.5 Å². The van der Waals surface area contributed by atoms with Gasteiger partial charge in [0.2, 0.25) is 0 Å². The lowest BCUT2D eigenvalue weighted by atomic mass is 9.94. The van der Waals surface area contributed by atoms with Crippen LogP contribution in [0.1, 0.15) is 31.8 Å². The first kappa shape index (κ1) is 29.3. The van der Waals surface area contributed by atoms with Crippen molar-refractivity contribution in [1.82, 2.24) is 10.6 Å². The highest BCUT2D eigenvalue weighted by atomic mass is 16.4. The zero-order chi connectivity index (χ0) is 30.2. The van der Waals surface area contributed by atoms with E-state index in [0.717, 1.165) is 0 Å². The molecule has 4 aromatic carbocycles. The molecule has 10 nitrogen and oxygen atoms in total. The van der Waals surface area contributed by atoms with Crippen molar-refractivity contribution in [3.63, 3.8) is 0 Å². The Morgan fingerprint density at radius 3 is 1.19 bits per heavy atom. The number of benzene rings is 4. The van der Waals surface area contributed by atoms with Crippen molar-refractivity contribution in [3.05, 3.63) is 119 Å². The highest BCUT2D eigenvalue weighted by Gasteiger charge is 2.26. The van der Waals surface area contributed by atoms with Gasteiger partial charge < -0.3 is 31.1 Å². The summed E-state index contributed by atoms with van der Waals surface area (Å²) in [6.07, 6.45) is -0.0553. The summed E-state index contributed by atoms with van der Waals surface area (Å²) in [6.45, 7) is 0. The Kier molecular flexibility index (Phi) is 9.18. The first-order chi connectivity index (χ1) is 20.1. The van der Waals surface area contributed by atoms with E-state index in [2.05, 4.69) is 10.6 Å². The quantitative estimate of drug-likeness (QED) is 0.159. The van der Waals surface area contributed by atoms with Gasteiger partial charge in [-0.1, -0.05) is 60.7 Å². The predicted octanol–water partition coefficient (Wildman–Crippen LogP) is 3.62. The van der Waals surface area contributed by atoms with E-state index in [1.54, 1.807) is 60.7 Å². The van der Waals surface area contributed by atoms with E-state index in [4.69, 9.17) is 0 Å². The van der Waals surface area contributed by atoms with E-state index in [1.807, 2.05) is 0 Å². The molecular formula is C32H28N2O8. The molecule has 0 saturated heterocycles. The van der Waals surface area contributed by atoms with Crippen LogP contribution in [0.4, 0.5) is 0 Å². The number of carboxylic acids is 2. The minimum Gasteiger partial charge on any atom is -0.508 e. The lowest BCUT2D eigenvalue weighted by Gasteiger charge is -2.19. The summed E-state index contributed by atoms with van der Waals surface area (Å²) in [5, 5.41) is 43.6. The minimum atomic E-state index is -1.27. The Morgan fingerprint density at radius 2 is 0.857 bits per heavy atom. The third-order valence-electron chi connectivity index (χ3n) is 6.59. The molecule has 42 heavy (non-hydrogen) atoms. The van der Waals surface area contributed by atoms with Crippen LogP contribution >= 0.6 is 0 Å². The van der Waals surface area contributed by atoms with Crippen LogP contribution in [0.3, 0.4) is 0 Å². The number of hydrogen-bond acceptors (Lipinski definition) is 6. The Morgan fingerprint density at radius 1 is 0.524 bits per heavy atom. The van der Waals surface area contributed by atoms with Gasteiger partial charge in [0.1, 0.15) is 23.6 Å². The van der Waals surface area contributed by atoms with Crippen molar-refractivity contribution >= 4 is 23.8 Å². The molecule has 0 radical (unpaired) electrons. The van der Waals surface area contributed by atoms with E-state index in [-0.39, 0.29) is 35.5 Å². The summed E-state index contributed by atoms with van der Waals surface area (Å²) in [5.41, 5.74) is 2.12. The second kappa shape index (κ2) is 13.1. The largest absolute Gasteiger partial charge is 0.508 e. The summed E-state index contributed by atoms with van der Waals surface area (Å²) in [4.78, 5) is 50.7. The Bertz CT molecular complexity index is 1480. The lowest BCUT2D eigenvalue weighted by Crippen LogP contribution is -2.43. The Balaban J connectivity index is 1.59. The van der Waals surface area contributed by atoms with Crippen LogP contribution in [-0.2, 0) is 22.4 Å². The summed E-state index contributed by atoms with van der Waals surface area (Å²) in [6, 6.07) is 22.2. The first-order valence-electron chi connectivity index (χ1n) is 12.9. The van der Waals surface area contributed by atoms with Gasteiger partial charge in [-0.2, -0.15) is 0 Å². The van der Waals surface area contributed by atoms with Crippen molar-refractivity contribution in [3.8, 4) is 22.6 Å². The highest BCUT2D eigenvalue weighted by Crippen LogP contribution is 2.28. The van der Waals surface area contributed by atoms with Gasteiger partial charge in [0, 0.05) is 24.0 Å². The number of aromatic hydroxyl groups is 2. The average Bonchev–Trinajstić information content (AvgIpc) is 2.98. The summed E-state index contributed by atoms with van der Waals surface area (Å²) in [5.74, 6) is -3.79. The zero-order valence-corrected chi connectivity index (χ0v) is 22.2. The number of phenols is 2. The summed E-state index contributed by atoms with van der Waals surface area (Å²) >= 11 is 0. The van der Waals surface area contributed by atoms with Crippen LogP contribution in [0.15, 0.2) is 97.1 Å². The first-order valence-corrected chi connectivity index (χ1v) is 12.9. The molecule has 0 heterocycles. The monoisotopic (exact) mass is 568 g/mol. The molecule has 0 aliphatic carbocycles. The molecule has 4 rings (SSSR count). The molecule has 4 aromatic rings. The molecule has 0 fully saturated rings. The highest BCUT2D eigenvalue weighted by molar-refractivity contribution is 6.07. The van der Waals surface area contributed by atoms with Gasteiger partial charge in [0.15, 0.2) is 0 Å². The van der Waals surface area contributed by atoms with E-state index < -0.39 is 35.8 Å². The van der Waals surface area contributed by atoms with Crippen LogP contribution in [0.2, 0.25) is 0 Å². The molecule has 10 heteroatoms. The van der Waals surface area contributed by atoms with Gasteiger partial charge in [-0.15, -0.1) is 0 Å². The lowest BCUT2D eigenvalue weighted by molar-refractivity contribution is -0.140. The van der Waals surface area contributed by atoms with Crippen molar-refractivity contribution in [2.75, 3.05) is 0 Å². The third kappa shape index (κ3) is 7.30. The molecular weight excluding hydrogens is 540 g/mol. The van der Waals surface area contributed by atoms with Crippen molar-refractivity contribution < 1.29 is 39.6 Å². The molecule has 2 atom stereocenters. The Labute approximate surface area is 240 Å². The van der Waals surface area contributed by atoms with Gasteiger partial charge in [-0.25, -0.2) is 9.59 Å². The number of carbonyl (C=O) groups excluding carboxylic acids is 2. The molecule has 0 aliphatic heterocycles. The van der Waals surface area contributed by atoms with Gasteiger partial charge >= 0.3 is 11.9 Å². The molecule has 0 aromatic heterocycles. The predicted molar refractivity (Wildman–Crippen MR) is 153 cm³/mol. The van der Waals surface area contributed by atoms with Gasteiger partial charge in [0.25, 0.3) is 11.8 Å². The van der Waals surface area contributed by atoms with E-state index in [0.29, 0.717) is 22.3 Å². The molecule has 0 saturated carbocycles. The van der Waals surface area contributed by atoms with E-state index >= 15 is 0 Å². The molecule has 0 bridgehead atoms. The minimum absolute atomic E-state index is 0.0277. The third-order valence-corrected chi connectivity index (χ3v) is 6.59. The molecule has 0 unspecified atom stereocenters. The van der Waals surface area contributed by atoms with E-state index in [1.165, 1.54) is 36.4 Å². The maximum absolute atomic E-state index is 13.4. The number of phenolic OH excluding ortho intramolecular Hbond substituents is 2. The molecule has 214 valence electrons. The van der Waals surface area contributed by atoms with Gasteiger partial charge in [-0.3, -0.25) is 9.59 Å². The van der Waals surface area contributed by atoms with Crippen LogP contribution in [0.25, 0.3) is 11.1 Å². The van der Waals surface area contributed by atoms with Crippen LogP contribution < -0.4 is 10.6 Å². The second-order valence-electron chi connectivity index (χ2n) is 9.56. The molecule has 6 N–H and O–H groups in total. The SMILES string of the molecule is O=C(N[C@@H](Cc1ccc(O)cc1)C(=O)O)c1ccccc1-c1ccccc1C(=O)N[C@@H](Cc1ccc(O)cc1)C(=O)O.